The summed E-state index contributed by atoms with van der Waals surface area (Å²) >= 11 is 0. The van der Waals surface area contributed by atoms with Gasteiger partial charge in [0.05, 0.1) is 23.3 Å². The van der Waals surface area contributed by atoms with E-state index in [2.05, 4.69) is 66.4 Å². The zero-order valence-electron chi connectivity index (χ0n) is 19.4. The Bertz CT molecular complexity index is 1290. The molecule has 0 saturated carbocycles. The van der Waals surface area contributed by atoms with Gasteiger partial charge in [0.25, 0.3) is 0 Å². The van der Waals surface area contributed by atoms with Gasteiger partial charge in [0, 0.05) is 63.1 Å². The van der Waals surface area contributed by atoms with Crippen LogP contribution in [0.15, 0.2) is 36.8 Å². The van der Waals surface area contributed by atoms with Crippen molar-refractivity contribution in [3.63, 3.8) is 0 Å². The van der Waals surface area contributed by atoms with Gasteiger partial charge in [-0.25, -0.2) is 15.0 Å². The average molecular weight is 444 g/mol. The largest absolute Gasteiger partial charge is 0.368 e. The minimum atomic E-state index is 0.555. The number of hydrogen-bond acceptors (Lipinski definition) is 7. The van der Waals surface area contributed by atoms with Crippen LogP contribution in [-0.4, -0.2) is 66.2 Å². The van der Waals surface area contributed by atoms with Crippen molar-refractivity contribution < 1.29 is 0 Å². The first-order chi connectivity index (χ1) is 16.0. The number of nitrogens with one attached hydrogen (secondary N) is 1. The Balaban J connectivity index is 1.20. The molecular formula is C24H29N9. The summed E-state index contributed by atoms with van der Waals surface area (Å²) in [6.07, 6.45) is 5.92. The van der Waals surface area contributed by atoms with Gasteiger partial charge in [-0.1, -0.05) is 0 Å². The SMILES string of the molecule is Cc1cn2c(n1)-c1cc3cnc(Nc4ccc(N5CCN(C(C)C)CC5)cn4)nc3n1CC2. The topological polar surface area (TPSA) is 79.9 Å². The van der Waals surface area contributed by atoms with Crippen LogP contribution in [0.4, 0.5) is 17.5 Å². The molecule has 0 radical (unpaired) electrons. The molecule has 9 heteroatoms. The van der Waals surface area contributed by atoms with Crippen LogP contribution in [0, 0.1) is 6.92 Å². The third kappa shape index (κ3) is 3.62. The molecule has 0 amide bonds. The molecule has 4 aromatic heterocycles. The quantitative estimate of drug-likeness (QED) is 0.518. The Morgan fingerprint density at radius 1 is 0.939 bits per heavy atom. The summed E-state index contributed by atoms with van der Waals surface area (Å²) < 4.78 is 4.45. The number of anilines is 3. The van der Waals surface area contributed by atoms with Crippen molar-refractivity contribution >= 4 is 28.5 Å². The van der Waals surface area contributed by atoms with Gasteiger partial charge in [0.15, 0.2) is 5.82 Å². The lowest BCUT2D eigenvalue weighted by Gasteiger charge is -2.38. The average Bonchev–Trinajstić information content (AvgIpc) is 3.39. The summed E-state index contributed by atoms with van der Waals surface area (Å²) in [7, 11) is 0. The van der Waals surface area contributed by atoms with E-state index in [1.54, 1.807) is 0 Å². The highest BCUT2D eigenvalue weighted by molar-refractivity contribution is 5.83. The molecule has 2 aliphatic heterocycles. The van der Waals surface area contributed by atoms with Gasteiger partial charge in [-0.2, -0.15) is 4.98 Å². The Kier molecular flexibility index (Phi) is 4.79. The molecule has 1 saturated heterocycles. The number of piperazine rings is 1. The molecule has 170 valence electrons. The van der Waals surface area contributed by atoms with Crippen molar-refractivity contribution in [1.29, 1.82) is 0 Å². The maximum absolute atomic E-state index is 4.81. The van der Waals surface area contributed by atoms with E-state index in [0.29, 0.717) is 12.0 Å². The zero-order valence-corrected chi connectivity index (χ0v) is 19.4. The molecule has 6 rings (SSSR count). The second-order valence-electron chi connectivity index (χ2n) is 9.20. The minimum Gasteiger partial charge on any atom is -0.368 e. The molecule has 33 heavy (non-hydrogen) atoms. The maximum atomic E-state index is 4.81. The number of aryl methyl sites for hydroxylation is 3. The Labute approximate surface area is 193 Å². The highest BCUT2D eigenvalue weighted by Gasteiger charge is 2.22. The van der Waals surface area contributed by atoms with Crippen LogP contribution < -0.4 is 10.2 Å². The molecule has 1 N–H and O–H groups in total. The third-order valence-electron chi connectivity index (χ3n) is 6.72. The first-order valence-corrected chi connectivity index (χ1v) is 11.7. The minimum absolute atomic E-state index is 0.555. The summed E-state index contributed by atoms with van der Waals surface area (Å²) in [5, 5.41) is 4.30. The van der Waals surface area contributed by atoms with Gasteiger partial charge >= 0.3 is 0 Å². The molecule has 0 bridgehead atoms. The predicted octanol–water partition coefficient (Wildman–Crippen LogP) is 3.29. The van der Waals surface area contributed by atoms with E-state index in [0.717, 1.165) is 79.0 Å². The van der Waals surface area contributed by atoms with Crippen LogP contribution in [0.25, 0.3) is 22.6 Å². The summed E-state index contributed by atoms with van der Waals surface area (Å²) in [5.41, 5.74) is 4.21. The predicted molar refractivity (Wildman–Crippen MR) is 130 cm³/mol. The van der Waals surface area contributed by atoms with E-state index >= 15 is 0 Å². The Morgan fingerprint density at radius 2 is 1.79 bits per heavy atom. The first-order valence-electron chi connectivity index (χ1n) is 11.7. The monoisotopic (exact) mass is 443 g/mol. The fourth-order valence-corrected chi connectivity index (χ4v) is 4.90. The standard InChI is InChI=1S/C24H29N9/c1-16(2)30-6-8-31(9-7-30)19-4-5-21(25-14-19)28-24-26-13-18-12-20-23-27-17(3)15-32(23)10-11-33(20)22(18)29-24/h4-5,12-16H,6-11H2,1-3H3,(H,25,26,28,29). The molecule has 9 nitrogen and oxygen atoms in total. The number of rotatable bonds is 4. The third-order valence-corrected chi connectivity index (χ3v) is 6.72. The van der Waals surface area contributed by atoms with Crippen molar-refractivity contribution in [2.75, 3.05) is 36.4 Å². The molecule has 0 aliphatic carbocycles. The summed E-state index contributed by atoms with van der Waals surface area (Å²) in [6.45, 7) is 12.6. The van der Waals surface area contributed by atoms with E-state index in [4.69, 9.17) is 9.97 Å². The molecule has 0 aromatic carbocycles. The number of fused-ring (bicyclic) bond motifs is 5. The molecule has 6 heterocycles. The van der Waals surface area contributed by atoms with Crippen molar-refractivity contribution in [1.82, 2.24) is 34.0 Å². The van der Waals surface area contributed by atoms with Crippen LogP contribution in [0.5, 0.6) is 0 Å². The van der Waals surface area contributed by atoms with Gasteiger partial charge in [-0.15, -0.1) is 0 Å². The summed E-state index contributed by atoms with van der Waals surface area (Å²) in [6, 6.07) is 6.86. The van der Waals surface area contributed by atoms with Gasteiger partial charge in [-0.3, -0.25) is 4.90 Å². The maximum Gasteiger partial charge on any atom is 0.230 e. The van der Waals surface area contributed by atoms with E-state index in [1.165, 1.54) is 0 Å². The number of aromatic nitrogens is 6. The van der Waals surface area contributed by atoms with E-state index in [-0.39, 0.29) is 0 Å². The lowest BCUT2D eigenvalue weighted by atomic mass is 10.2. The zero-order chi connectivity index (χ0) is 22.5. The van der Waals surface area contributed by atoms with Crippen molar-refractivity contribution in [2.24, 2.45) is 0 Å². The van der Waals surface area contributed by atoms with Gasteiger partial charge in [0.2, 0.25) is 5.95 Å². The second-order valence-corrected chi connectivity index (χ2v) is 9.20. The van der Waals surface area contributed by atoms with Crippen LogP contribution in [0.2, 0.25) is 0 Å². The van der Waals surface area contributed by atoms with Gasteiger partial charge in [0.1, 0.15) is 11.5 Å². The van der Waals surface area contributed by atoms with Crippen molar-refractivity contribution in [3.05, 3.63) is 42.5 Å². The normalized spacial score (nSPS) is 16.3. The number of imidazole rings is 1. The molecule has 4 aromatic rings. The first kappa shape index (κ1) is 20.2. The molecule has 0 atom stereocenters. The fourth-order valence-electron chi connectivity index (χ4n) is 4.90. The number of pyridine rings is 1. The Morgan fingerprint density at radius 3 is 2.55 bits per heavy atom. The smallest absolute Gasteiger partial charge is 0.230 e. The van der Waals surface area contributed by atoms with Crippen LogP contribution in [0.3, 0.4) is 0 Å². The summed E-state index contributed by atoms with van der Waals surface area (Å²) in [4.78, 5) is 23.6. The fraction of sp³-hybridized carbons (Fsp3) is 0.417. The lowest BCUT2D eigenvalue weighted by molar-refractivity contribution is 0.209. The van der Waals surface area contributed by atoms with Gasteiger partial charge < -0.3 is 19.4 Å². The van der Waals surface area contributed by atoms with E-state index in [9.17, 15) is 0 Å². The number of hydrogen-bond donors (Lipinski definition) is 1. The van der Waals surface area contributed by atoms with E-state index < -0.39 is 0 Å². The van der Waals surface area contributed by atoms with Crippen LogP contribution in [0.1, 0.15) is 19.5 Å². The molecular weight excluding hydrogens is 414 g/mol. The van der Waals surface area contributed by atoms with E-state index in [1.807, 2.05) is 25.4 Å². The molecule has 0 spiro atoms. The van der Waals surface area contributed by atoms with Crippen molar-refractivity contribution in [3.8, 4) is 11.5 Å². The van der Waals surface area contributed by atoms with Crippen LogP contribution >= 0.6 is 0 Å². The highest BCUT2D eigenvalue weighted by atomic mass is 15.3. The second kappa shape index (κ2) is 7.84. The Hall–Kier alpha value is -3.46. The molecule has 0 unspecified atom stereocenters. The molecule has 1 fully saturated rings. The van der Waals surface area contributed by atoms with Crippen LogP contribution in [-0.2, 0) is 13.1 Å². The molecule has 2 aliphatic rings. The highest BCUT2D eigenvalue weighted by Crippen LogP contribution is 2.30. The number of nitrogens with zero attached hydrogens (tertiary/aromatic N) is 8. The lowest BCUT2D eigenvalue weighted by Crippen LogP contribution is -2.48. The van der Waals surface area contributed by atoms with Gasteiger partial charge in [-0.05, 0) is 39.0 Å². The summed E-state index contributed by atoms with van der Waals surface area (Å²) in [5.74, 6) is 2.30. The van der Waals surface area contributed by atoms with Crippen molar-refractivity contribution in [2.45, 2.75) is 39.9 Å².